The molecule has 0 saturated carbocycles. The molecule has 1 aliphatic rings. The van der Waals surface area contributed by atoms with Crippen molar-refractivity contribution in [3.8, 4) is 11.3 Å². The van der Waals surface area contributed by atoms with Crippen LogP contribution >= 0.6 is 0 Å². The summed E-state index contributed by atoms with van der Waals surface area (Å²) in [6.07, 6.45) is 1.83. The van der Waals surface area contributed by atoms with Gasteiger partial charge in [-0.05, 0) is 17.2 Å². The molecule has 0 bridgehead atoms. The van der Waals surface area contributed by atoms with Crippen molar-refractivity contribution in [3.63, 3.8) is 0 Å². The number of nitrogens with one attached hydrogen (secondary N) is 1. The minimum atomic E-state index is 0.255. The van der Waals surface area contributed by atoms with Gasteiger partial charge in [0.1, 0.15) is 0 Å². The molecule has 0 radical (unpaired) electrons. The van der Waals surface area contributed by atoms with Crippen LogP contribution in [0.15, 0.2) is 42.5 Å². The minimum Gasteiger partial charge on any atom is -0.396 e. The molecule has 1 aromatic heterocycles. The summed E-state index contributed by atoms with van der Waals surface area (Å²) in [7, 11) is 0. The third-order valence-corrected chi connectivity index (χ3v) is 4.69. The van der Waals surface area contributed by atoms with Gasteiger partial charge in [0.25, 0.3) is 0 Å². The largest absolute Gasteiger partial charge is 0.396 e. The van der Waals surface area contributed by atoms with Gasteiger partial charge in [-0.1, -0.05) is 42.5 Å². The molecule has 2 aromatic carbocycles. The number of H-pyrrole nitrogens is 1. The molecule has 0 saturated heterocycles. The van der Waals surface area contributed by atoms with Crippen molar-refractivity contribution in [1.82, 2.24) is 15.1 Å². The van der Waals surface area contributed by atoms with E-state index < -0.39 is 0 Å². The Morgan fingerprint density at radius 1 is 1.13 bits per heavy atom. The summed E-state index contributed by atoms with van der Waals surface area (Å²) in [4.78, 5) is 2.41. The lowest BCUT2D eigenvalue weighted by Gasteiger charge is -2.26. The molecule has 0 amide bonds. The van der Waals surface area contributed by atoms with Gasteiger partial charge in [-0.3, -0.25) is 10.00 Å². The molecule has 4 nitrogen and oxygen atoms in total. The van der Waals surface area contributed by atoms with E-state index in [1.807, 2.05) is 0 Å². The van der Waals surface area contributed by atoms with E-state index in [0.29, 0.717) is 0 Å². The number of fused-ring (bicyclic) bond motifs is 2. The lowest BCUT2D eigenvalue weighted by atomic mass is 9.97. The maximum absolute atomic E-state index is 9.06. The highest BCUT2D eigenvalue weighted by atomic mass is 16.3. The van der Waals surface area contributed by atoms with Crippen LogP contribution in [0.5, 0.6) is 0 Å². The molecule has 0 atom stereocenters. The number of aliphatic hydroxyl groups is 1. The van der Waals surface area contributed by atoms with Crippen LogP contribution < -0.4 is 0 Å². The first-order valence-corrected chi connectivity index (χ1v) is 8.24. The van der Waals surface area contributed by atoms with E-state index in [9.17, 15) is 0 Å². The standard InChI is InChI=1S/C19H21N3O/c23-12-4-10-22-11-9-18-17(13-22)19(21-20-18)16-8-3-6-14-5-1-2-7-15(14)16/h1-3,5-8,23H,4,9-13H2,(H,20,21). The van der Waals surface area contributed by atoms with Gasteiger partial charge in [-0.2, -0.15) is 5.10 Å². The van der Waals surface area contributed by atoms with Crippen LogP contribution in [-0.4, -0.2) is 39.9 Å². The van der Waals surface area contributed by atoms with Gasteiger partial charge in [-0.25, -0.2) is 0 Å². The third kappa shape index (κ3) is 2.64. The molecule has 3 aromatic rings. The van der Waals surface area contributed by atoms with E-state index in [1.165, 1.54) is 27.6 Å². The smallest absolute Gasteiger partial charge is 0.0974 e. The molecule has 0 unspecified atom stereocenters. The van der Waals surface area contributed by atoms with Crippen molar-refractivity contribution in [3.05, 3.63) is 53.7 Å². The van der Waals surface area contributed by atoms with E-state index in [-0.39, 0.29) is 6.61 Å². The maximum atomic E-state index is 9.06. The van der Waals surface area contributed by atoms with Crippen molar-refractivity contribution in [2.45, 2.75) is 19.4 Å². The van der Waals surface area contributed by atoms with Crippen molar-refractivity contribution in [2.75, 3.05) is 19.7 Å². The number of aliphatic hydroxyl groups excluding tert-OH is 1. The zero-order chi connectivity index (χ0) is 15.6. The van der Waals surface area contributed by atoms with Gasteiger partial charge in [0, 0.05) is 49.5 Å². The van der Waals surface area contributed by atoms with Gasteiger partial charge in [-0.15, -0.1) is 0 Å². The van der Waals surface area contributed by atoms with Crippen LogP contribution in [0.1, 0.15) is 17.7 Å². The second kappa shape index (κ2) is 6.14. The fraction of sp³-hybridized carbons (Fsp3) is 0.316. The highest BCUT2D eigenvalue weighted by molar-refractivity contribution is 5.96. The lowest BCUT2D eigenvalue weighted by Crippen LogP contribution is -2.31. The average molecular weight is 307 g/mol. The molecule has 0 spiro atoms. The van der Waals surface area contributed by atoms with E-state index >= 15 is 0 Å². The van der Waals surface area contributed by atoms with Crippen LogP contribution in [0, 0.1) is 0 Å². The monoisotopic (exact) mass is 307 g/mol. The Balaban J connectivity index is 1.75. The number of hydrogen-bond donors (Lipinski definition) is 2. The van der Waals surface area contributed by atoms with Crippen molar-refractivity contribution in [2.24, 2.45) is 0 Å². The summed E-state index contributed by atoms with van der Waals surface area (Å²) >= 11 is 0. The van der Waals surface area contributed by atoms with E-state index in [2.05, 4.69) is 57.6 Å². The molecule has 0 aliphatic carbocycles. The predicted molar refractivity (Wildman–Crippen MR) is 92.2 cm³/mol. The summed E-state index contributed by atoms with van der Waals surface area (Å²) < 4.78 is 0. The fourth-order valence-corrected chi connectivity index (χ4v) is 3.49. The number of rotatable bonds is 4. The molecule has 1 aliphatic heterocycles. The normalized spacial score (nSPS) is 15.0. The average Bonchev–Trinajstić information content (AvgIpc) is 3.02. The summed E-state index contributed by atoms with van der Waals surface area (Å²) in [5, 5.41) is 19.4. The topological polar surface area (TPSA) is 52.1 Å². The second-order valence-corrected chi connectivity index (χ2v) is 6.16. The number of nitrogens with zero attached hydrogens (tertiary/aromatic N) is 2. The van der Waals surface area contributed by atoms with Gasteiger partial charge < -0.3 is 5.11 Å². The Kier molecular flexibility index (Phi) is 3.85. The molecule has 23 heavy (non-hydrogen) atoms. The van der Waals surface area contributed by atoms with Gasteiger partial charge in [0.05, 0.1) is 5.69 Å². The number of aromatic nitrogens is 2. The van der Waals surface area contributed by atoms with Gasteiger partial charge >= 0.3 is 0 Å². The summed E-state index contributed by atoms with van der Waals surface area (Å²) in [6.45, 7) is 3.13. The quantitative estimate of drug-likeness (QED) is 0.779. The number of hydrogen-bond acceptors (Lipinski definition) is 3. The van der Waals surface area contributed by atoms with Crippen LogP contribution in [0.3, 0.4) is 0 Å². The molecule has 4 heteroatoms. The first-order valence-electron chi connectivity index (χ1n) is 8.24. The molecule has 118 valence electrons. The minimum absolute atomic E-state index is 0.255. The Labute approximate surface area is 135 Å². The van der Waals surface area contributed by atoms with Crippen molar-refractivity contribution >= 4 is 10.8 Å². The molecule has 0 fully saturated rings. The number of benzene rings is 2. The van der Waals surface area contributed by atoms with Crippen LogP contribution in [0.25, 0.3) is 22.0 Å². The Morgan fingerprint density at radius 3 is 2.91 bits per heavy atom. The highest BCUT2D eigenvalue weighted by Crippen LogP contribution is 2.33. The predicted octanol–water partition coefficient (Wildman–Crippen LogP) is 2.97. The molecule has 2 N–H and O–H groups in total. The van der Waals surface area contributed by atoms with E-state index in [0.717, 1.165) is 38.2 Å². The lowest BCUT2D eigenvalue weighted by molar-refractivity contribution is 0.212. The fourth-order valence-electron chi connectivity index (χ4n) is 3.49. The molecule has 2 heterocycles. The zero-order valence-corrected chi connectivity index (χ0v) is 13.1. The summed E-state index contributed by atoms with van der Waals surface area (Å²) in [6, 6.07) is 14.9. The molecular formula is C19H21N3O. The van der Waals surface area contributed by atoms with Gasteiger partial charge in [0.2, 0.25) is 0 Å². The van der Waals surface area contributed by atoms with E-state index in [1.54, 1.807) is 0 Å². The first-order chi connectivity index (χ1) is 11.4. The first kappa shape index (κ1) is 14.4. The van der Waals surface area contributed by atoms with Crippen LogP contribution in [0.4, 0.5) is 0 Å². The summed E-state index contributed by atoms with van der Waals surface area (Å²) in [5.74, 6) is 0. The third-order valence-electron chi connectivity index (χ3n) is 4.69. The maximum Gasteiger partial charge on any atom is 0.0974 e. The second-order valence-electron chi connectivity index (χ2n) is 6.16. The van der Waals surface area contributed by atoms with Crippen LogP contribution in [-0.2, 0) is 13.0 Å². The number of aromatic amines is 1. The van der Waals surface area contributed by atoms with Crippen LogP contribution in [0.2, 0.25) is 0 Å². The zero-order valence-electron chi connectivity index (χ0n) is 13.1. The Bertz CT molecular complexity index is 819. The summed E-state index contributed by atoms with van der Waals surface area (Å²) in [5.41, 5.74) is 4.84. The molecular weight excluding hydrogens is 286 g/mol. The van der Waals surface area contributed by atoms with Crippen molar-refractivity contribution in [1.29, 1.82) is 0 Å². The van der Waals surface area contributed by atoms with Crippen molar-refractivity contribution < 1.29 is 5.11 Å². The van der Waals surface area contributed by atoms with Gasteiger partial charge in [0.15, 0.2) is 0 Å². The molecule has 4 rings (SSSR count). The highest BCUT2D eigenvalue weighted by Gasteiger charge is 2.23. The Hall–Kier alpha value is -2.17. The SMILES string of the molecule is OCCCN1CCc2[nH]nc(-c3cccc4ccccc34)c2C1. The van der Waals surface area contributed by atoms with E-state index in [4.69, 9.17) is 5.11 Å². The Morgan fingerprint density at radius 2 is 2.00 bits per heavy atom.